The number of aromatic nitrogens is 2. The fourth-order valence-electron chi connectivity index (χ4n) is 3.72. The lowest BCUT2D eigenvalue weighted by atomic mass is 9.91. The Morgan fingerprint density at radius 1 is 1.24 bits per heavy atom. The maximum Gasteiger partial charge on any atom is 0.253 e. The van der Waals surface area contributed by atoms with E-state index >= 15 is 0 Å². The topological polar surface area (TPSA) is 67.4 Å². The molecule has 0 aliphatic carbocycles. The third kappa shape index (κ3) is 3.86. The zero-order valence-electron chi connectivity index (χ0n) is 14.0. The van der Waals surface area contributed by atoms with Gasteiger partial charge in [-0.3, -0.25) is 19.7 Å². The van der Waals surface area contributed by atoms with E-state index in [9.17, 15) is 4.79 Å². The van der Waals surface area contributed by atoms with Crippen molar-refractivity contribution in [3.63, 3.8) is 0 Å². The van der Waals surface area contributed by atoms with Gasteiger partial charge >= 0.3 is 0 Å². The third-order valence-electron chi connectivity index (χ3n) is 4.99. The summed E-state index contributed by atoms with van der Waals surface area (Å²) in [5, 5.41) is 2.90. The normalized spacial score (nSPS) is 26.2. The minimum atomic E-state index is -0.367. The number of nitrogens with one attached hydrogen (secondary N) is 1. The number of ether oxygens (including phenoxy) is 1. The van der Waals surface area contributed by atoms with Gasteiger partial charge < -0.3 is 10.1 Å². The van der Waals surface area contributed by atoms with Gasteiger partial charge in [-0.25, -0.2) is 0 Å². The van der Waals surface area contributed by atoms with Gasteiger partial charge in [0.1, 0.15) is 6.10 Å². The van der Waals surface area contributed by atoms with Gasteiger partial charge in [-0.05, 0) is 49.1 Å². The molecular formula is C19H22N4O2. The average Bonchev–Trinajstić information content (AvgIpc) is 3.07. The lowest BCUT2D eigenvalue weighted by Crippen LogP contribution is -2.41. The molecule has 4 rings (SSSR count). The van der Waals surface area contributed by atoms with E-state index in [1.54, 1.807) is 24.7 Å². The van der Waals surface area contributed by atoms with Crippen molar-refractivity contribution < 1.29 is 9.53 Å². The second-order valence-corrected chi connectivity index (χ2v) is 6.77. The predicted molar refractivity (Wildman–Crippen MR) is 93.8 cm³/mol. The number of carbonyl (C=O) groups excluding carboxylic acids is 1. The highest BCUT2D eigenvalue weighted by Gasteiger charge is 2.41. The van der Waals surface area contributed by atoms with E-state index in [-0.39, 0.29) is 18.1 Å². The Balaban J connectivity index is 1.33. The first-order chi connectivity index (χ1) is 12.3. The van der Waals surface area contributed by atoms with Crippen molar-refractivity contribution in [1.29, 1.82) is 0 Å². The Kier molecular flexibility index (Phi) is 4.72. The molecule has 0 aromatic carbocycles. The molecule has 0 saturated carbocycles. The maximum atomic E-state index is 12.4. The number of rotatable bonds is 4. The van der Waals surface area contributed by atoms with Crippen molar-refractivity contribution in [3.05, 3.63) is 54.6 Å². The number of pyridine rings is 2. The fraction of sp³-hybridized carbons (Fsp3) is 0.421. The highest BCUT2D eigenvalue weighted by molar-refractivity contribution is 5.94. The van der Waals surface area contributed by atoms with Gasteiger partial charge in [0, 0.05) is 31.7 Å². The van der Waals surface area contributed by atoms with Crippen LogP contribution in [0.15, 0.2) is 49.1 Å². The summed E-state index contributed by atoms with van der Waals surface area (Å²) < 4.78 is 6.08. The zero-order valence-corrected chi connectivity index (χ0v) is 14.0. The summed E-state index contributed by atoms with van der Waals surface area (Å²) in [5.41, 5.74) is 1.92. The molecule has 0 bridgehead atoms. The van der Waals surface area contributed by atoms with Crippen LogP contribution in [0.25, 0.3) is 0 Å². The van der Waals surface area contributed by atoms with E-state index < -0.39 is 0 Å². The summed E-state index contributed by atoms with van der Waals surface area (Å²) in [6.45, 7) is 2.79. The van der Waals surface area contributed by atoms with Crippen LogP contribution in [0.4, 0.5) is 5.69 Å². The molecule has 0 spiro atoms. The maximum absolute atomic E-state index is 12.4. The summed E-state index contributed by atoms with van der Waals surface area (Å²) in [6, 6.07) is 7.70. The van der Waals surface area contributed by atoms with Crippen LogP contribution in [0.5, 0.6) is 0 Å². The number of likely N-dealkylation sites (tertiary alicyclic amines) is 1. The molecule has 2 fully saturated rings. The SMILES string of the molecule is O=C(Nc1cccnc1)[C@@H]1C[C@@H]2CCN(Cc3cccnc3)C[C@H]2O1. The number of anilines is 1. The summed E-state index contributed by atoms with van der Waals surface area (Å²) in [7, 11) is 0. The van der Waals surface area contributed by atoms with E-state index in [4.69, 9.17) is 4.74 Å². The molecule has 0 radical (unpaired) electrons. The van der Waals surface area contributed by atoms with Crippen molar-refractivity contribution in [2.45, 2.75) is 31.6 Å². The van der Waals surface area contributed by atoms with Gasteiger partial charge in [-0.2, -0.15) is 0 Å². The van der Waals surface area contributed by atoms with Gasteiger partial charge in [0.05, 0.1) is 18.0 Å². The van der Waals surface area contributed by atoms with E-state index in [1.165, 1.54) is 5.56 Å². The summed E-state index contributed by atoms with van der Waals surface area (Å²) in [6.07, 6.45) is 8.68. The molecule has 25 heavy (non-hydrogen) atoms. The molecule has 2 aliphatic rings. The molecule has 1 amide bonds. The number of piperidine rings is 1. The Bertz CT molecular complexity index is 710. The van der Waals surface area contributed by atoms with Crippen molar-refractivity contribution in [3.8, 4) is 0 Å². The Morgan fingerprint density at radius 2 is 2.08 bits per heavy atom. The molecule has 3 atom stereocenters. The second kappa shape index (κ2) is 7.29. The van der Waals surface area contributed by atoms with Gasteiger partial charge in [0.25, 0.3) is 5.91 Å². The Morgan fingerprint density at radius 3 is 2.84 bits per heavy atom. The number of hydrogen-bond donors (Lipinski definition) is 1. The van der Waals surface area contributed by atoms with E-state index in [0.29, 0.717) is 11.6 Å². The first-order valence-electron chi connectivity index (χ1n) is 8.75. The van der Waals surface area contributed by atoms with E-state index in [2.05, 4.69) is 26.3 Å². The minimum absolute atomic E-state index is 0.0683. The van der Waals surface area contributed by atoms with Gasteiger partial charge in [-0.15, -0.1) is 0 Å². The molecule has 6 heteroatoms. The molecule has 2 aliphatic heterocycles. The van der Waals surface area contributed by atoms with Crippen LogP contribution in [0.1, 0.15) is 18.4 Å². The van der Waals surface area contributed by atoms with Crippen LogP contribution < -0.4 is 5.32 Å². The van der Waals surface area contributed by atoms with Crippen LogP contribution in [0.3, 0.4) is 0 Å². The Labute approximate surface area is 147 Å². The molecule has 6 nitrogen and oxygen atoms in total. The van der Waals surface area contributed by atoms with Crippen LogP contribution in [-0.2, 0) is 16.1 Å². The highest BCUT2D eigenvalue weighted by Crippen LogP contribution is 2.34. The predicted octanol–water partition coefficient (Wildman–Crippen LogP) is 2.09. The quantitative estimate of drug-likeness (QED) is 0.925. The summed E-state index contributed by atoms with van der Waals surface area (Å²) in [5.74, 6) is 0.399. The molecular weight excluding hydrogens is 316 g/mol. The summed E-state index contributed by atoms with van der Waals surface area (Å²) in [4.78, 5) is 23.0. The first kappa shape index (κ1) is 16.2. The lowest BCUT2D eigenvalue weighted by Gasteiger charge is -2.33. The van der Waals surface area contributed by atoms with Crippen LogP contribution in [0, 0.1) is 5.92 Å². The van der Waals surface area contributed by atoms with Crippen LogP contribution in [0.2, 0.25) is 0 Å². The lowest BCUT2D eigenvalue weighted by molar-refractivity contribution is -0.127. The Hall–Kier alpha value is -2.31. The smallest absolute Gasteiger partial charge is 0.253 e. The average molecular weight is 338 g/mol. The van der Waals surface area contributed by atoms with Gasteiger partial charge in [0.2, 0.25) is 0 Å². The first-order valence-corrected chi connectivity index (χ1v) is 8.75. The third-order valence-corrected chi connectivity index (χ3v) is 4.99. The van der Waals surface area contributed by atoms with E-state index in [0.717, 1.165) is 32.5 Å². The number of carbonyl (C=O) groups is 1. The van der Waals surface area contributed by atoms with Crippen molar-refractivity contribution in [1.82, 2.24) is 14.9 Å². The molecule has 2 saturated heterocycles. The minimum Gasteiger partial charge on any atom is -0.364 e. The molecule has 1 N–H and O–H groups in total. The molecule has 4 heterocycles. The van der Waals surface area contributed by atoms with Crippen molar-refractivity contribution in [2.24, 2.45) is 5.92 Å². The zero-order chi connectivity index (χ0) is 17.1. The molecule has 2 aromatic heterocycles. The van der Waals surface area contributed by atoms with Crippen LogP contribution >= 0.6 is 0 Å². The summed E-state index contributed by atoms with van der Waals surface area (Å²) >= 11 is 0. The molecule has 0 unspecified atom stereocenters. The number of nitrogens with zero attached hydrogens (tertiary/aromatic N) is 3. The molecule has 130 valence electrons. The highest BCUT2D eigenvalue weighted by atomic mass is 16.5. The number of hydrogen-bond acceptors (Lipinski definition) is 5. The number of fused-ring (bicyclic) bond motifs is 1. The van der Waals surface area contributed by atoms with Gasteiger partial charge in [0.15, 0.2) is 0 Å². The second-order valence-electron chi connectivity index (χ2n) is 6.77. The van der Waals surface area contributed by atoms with Gasteiger partial charge in [-0.1, -0.05) is 6.07 Å². The number of amides is 1. The van der Waals surface area contributed by atoms with Crippen molar-refractivity contribution >= 4 is 11.6 Å². The monoisotopic (exact) mass is 338 g/mol. The molecule has 2 aromatic rings. The largest absolute Gasteiger partial charge is 0.364 e. The fourth-order valence-corrected chi connectivity index (χ4v) is 3.72. The van der Waals surface area contributed by atoms with Crippen LogP contribution in [-0.4, -0.2) is 46.1 Å². The van der Waals surface area contributed by atoms with Crippen molar-refractivity contribution in [2.75, 3.05) is 18.4 Å². The van der Waals surface area contributed by atoms with E-state index in [1.807, 2.05) is 18.3 Å². The standard InChI is InChI=1S/C19H22N4O2/c24-19(22-16-4-2-7-21-11-16)17-9-15-5-8-23(13-18(15)25-17)12-14-3-1-6-20-10-14/h1-4,6-7,10-11,15,17-18H,5,8-9,12-13H2,(H,22,24)/t15-,17-,18+/m0/s1.